The minimum absolute atomic E-state index is 0.165. The Morgan fingerprint density at radius 2 is 1.85 bits per heavy atom. The number of benzene rings is 2. The first-order valence-electron chi connectivity index (χ1n) is 6.53. The first-order chi connectivity index (χ1) is 9.61. The van der Waals surface area contributed by atoms with Crippen LogP contribution in [0.3, 0.4) is 0 Å². The predicted octanol–water partition coefficient (Wildman–Crippen LogP) is 3.96. The molecule has 0 fully saturated rings. The van der Waals surface area contributed by atoms with Crippen LogP contribution in [0.5, 0.6) is 5.75 Å². The maximum Gasteiger partial charge on any atom is 0.166 e. The van der Waals surface area contributed by atoms with E-state index in [2.05, 4.69) is 0 Å². The standard InChI is InChI=1S/C17H17FO2/c1-12-4-3-5-15(17(12)18)16(19)11-8-13-6-9-14(20-2)10-7-13/h3-7,9-10H,8,11H2,1-2H3. The summed E-state index contributed by atoms with van der Waals surface area (Å²) >= 11 is 0. The van der Waals surface area contributed by atoms with Crippen LogP contribution in [0.2, 0.25) is 0 Å². The number of carbonyl (C=O) groups is 1. The summed E-state index contributed by atoms with van der Waals surface area (Å²) in [6, 6.07) is 12.4. The van der Waals surface area contributed by atoms with E-state index in [-0.39, 0.29) is 11.3 Å². The van der Waals surface area contributed by atoms with Crippen LogP contribution >= 0.6 is 0 Å². The van der Waals surface area contributed by atoms with Gasteiger partial charge in [-0.05, 0) is 42.7 Å². The van der Waals surface area contributed by atoms with Crippen LogP contribution in [0.25, 0.3) is 0 Å². The van der Waals surface area contributed by atoms with Crippen molar-refractivity contribution in [1.82, 2.24) is 0 Å². The lowest BCUT2D eigenvalue weighted by Crippen LogP contribution is -2.05. The number of rotatable bonds is 5. The molecule has 2 nitrogen and oxygen atoms in total. The van der Waals surface area contributed by atoms with Crippen LogP contribution in [0.15, 0.2) is 42.5 Å². The number of ketones is 1. The molecule has 104 valence electrons. The molecular weight excluding hydrogens is 255 g/mol. The van der Waals surface area contributed by atoms with E-state index in [1.807, 2.05) is 24.3 Å². The molecule has 0 saturated carbocycles. The van der Waals surface area contributed by atoms with Gasteiger partial charge in [-0.3, -0.25) is 4.79 Å². The van der Waals surface area contributed by atoms with Gasteiger partial charge >= 0.3 is 0 Å². The smallest absolute Gasteiger partial charge is 0.166 e. The highest BCUT2D eigenvalue weighted by atomic mass is 19.1. The summed E-state index contributed by atoms with van der Waals surface area (Å²) in [5.74, 6) is 0.207. The molecule has 0 aliphatic rings. The second kappa shape index (κ2) is 6.33. The first-order valence-corrected chi connectivity index (χ1v) is 6.53. The molecule has 2 aromatic carbocycles. The molecule has 0 aliphatic carbocycles. The first kappa shape index (κ1) is 14.3. The number of hydrogen-bond acceptors (Lipinski definition) is 2. The summed E-state index contributed by atoms with van der Waals surface area (Å²) in [6.45, 7) is 1.66. The van der Waals surface area contributed by atoms with Gasteiger partial charge in [-0.15, -0.1) is 0 Å². The zero-order chi connectivity index (χ0) is 14.5. The van der Waals surface area contributed by atoms with Crippen molar-refractivity contribution in [2.75, 3.05) is 7.11 Å². The SMILES string of the molecule is COc1ccc(CCC(=O)c2cccc(C)c2F)cc1. The Bertz CT molecular complexity index is 603. The second-order valence-corrected chi connectivity index (χ2v) is 4.71. The van der Waals surface area contributed by atoms with Gasteiger partial charge in [-0.2, -0.15) is 0 Å². The normalized spacial score (nSPS) is 10.3. The summed E-state index contributed by atoms with van der Waals surface area (Å²) in [6.07, 6.45) is 0.892. The maximum absolute atomic E-state index is 13.8. The van der Waals surface area contributed by atoms with Crippen molar-refractivity contribution in [2.24, 2.45) is 0 Å². The van der Waals surface area contributed by atoms with Crippen LogP contribution in [0, 0.1) is 12.7 Å². The highest BCUT2D eigenvalue weighted by Gasteiger charge is 2.12. The molecule has 0 radical (unpaired) electrons. The highest BCUT2D eigenvalue weighted by Crippen LogP contribution is 2.17. The zero-order valence-corrected chi connectivity index (χ0v) is 11.7. The Labute approximate surface area is 118 Å². The van der Waals surface area contributed by atoms with E-state index in [4.69, 9.17) is 4.74 Å². The fourth-order valence-corrected chi connectivity index (χ4v) is 2.05. The third kappa shape index (κ3) is 3.23. The number of Topliss-reactive ketones (excluding diaryl/α,β-unsaturated/α-hetero) is 1. The van der Waals surface area contributed by atoms with Gasteiger partial charge < -0.3 is 4.74 Å². The molecule has 0 saturated heterocycles. The quantitative estimate of drug-likeness (QED) is 0.770. The third-order valence-corrected chi connectivity index (χ3v) is 3.29. The Morgan fingerprint density at radius 3 is 2.50 bits per heavy atom. The molecule has 2 aromatic rings. The third-order valence-electron chi connectivity index (χ3n) is 3.29. The van der Waals surface area contributed by atoms with Crippen LogP contribution in [-0.4, -0.2) is 12.9 Å². The average Bonchev–Trinajstić information content (AvgIpc) is 2.48. The van der Waals surface area contributed by atoms with Gasteiger partial charge in [-0.1, -0.05) is 24.3 Å². The lowest BCUT2D eigenvalue weighted by molar-refractivity contribution is 0.0979. The van der Waals surface area contributed by atoms with E-state index >= 15 is 0 Å². The Morgan fingerprint density at radius 1 is 1.15 bits per heavy atom. The summed E-state index contributed by atoms with van der Waals surface area (Å²) < 4.78 is 18.9. The van der Waals surface area contributed by atoms with Crippen molar-refractivity contribution in [3.8, 4) is 5.75 Å². The van der Waals surface area contributed by atoms with Gasteiger partial charge in [0.1, 0.15) is 11.6 Å². The molecule has 20 heavy (non-hydrogen) atoms. The van der Waals surface area contributed by atoms with E-state index in [0.29, 0.717) is 18.4 Å². The maximum atomic E-state index is 13.8. The number of carbonyl (C=O) groups excluding carboxylic acids is 1. The molecule has 3 heteroatoms. The summed E-state index contributed by atoms with van der Waals surface area (Å²) in [5.41, 5.74) is 1.71. The van der Waals surface area contributed by atoms with Crippen LogP contribution in [0.1, 0.15) is 27.9 Å². The summed E-state index contributed by atoms with van der Waals surface area (Å²) in [7, 11) is 1.61. The van der Waals surface area contributed by atoms with Gasteiger partial charge in [0.2, 0.25) is 0 Å². The molecule has 0 spiro atoms. The van der Waals surface area contributed by atoms with Crippen molar-refractivity contribution in [3.05, 3.63) is 65.0 Å². The van der Waals surface area contributed by atoms with Gasteiger partial charge in [0, 0.05) is 6.42 Å². The Balaban J connectivity index is 2.02. The van der Waals surface area contributed by atoms with E-state index in [0.717, 1.165) is 11.3 Å². The van der Waals surface area contributed by atoms with Gasteiger partial charge in [0.05, 0.1) is 12.7 Å². The predicted molar refractivity (Wildman–Crippen MR) is 76.8 cm³/mol. The van der Waals surface area contributed by atoms with Crippen molar-refractivity contribution < 1.29 is 13.9 Å². The summed E-state index contributed by atoms with van der Waals surface area (Å²) in [4.78, 5) is 12.0. The van der Waals surface area contributed by atoms with Gasteiger partial charge in [-0.25, -0.2) is 4.39 Å². The van der Waals surface area contributed by atoms with Gasteiger partial charge in [0.25, 0.3) is 0 Å². The average molecular weight is 272 g/mol. The van der Waals surface area contributed by atoms with E-state index < -0.39 is 5.82 Å². The lowest BCUT2D eigenvalue weighted by atomic mass is 10.0. The minimum atomic E-state index is -0.410. The zero-order valence-electron chi connectivity index (χ0n) is 11.7. The minimum Gasteiger partial charge on any atom is -0.497 e. The van der Waals surface area contributed by atoms with Gasteiger partial charge in [0.15, 0.2) is 5.78 Å². The molecule has 0 N–H and O–H groups in total. The van der Waals surface area contributed by atoms with Crippen LogP contribution in [0.4, 0.5) is 4.39 Å². The molecule has 0 amide bonds. The number of halogens is 1. The fraction of sp³-hybridized carbons (Fsp3) is 0.235. The molecule has 2 rings (SSSR count). The Kier molecular flexibility index (Phi) is 4.51. The van der Waals surface area contributed by atoms with Crippen molar-refractivity contribution >= 4 is 5.78 Å². The van der Waals surface area contributed by atoms with E-state index in [9.17, 15) is 9.18 Å². The summed E-state index contributed by atoms with van der Waals surface area (Å²) in [5, 5.41) is 0. The number of aryl methyl sites for hydroxylation is 2. The molecule has 0 unspecified atom stereocenters. The lowest BCUT2D eigenvalue weighted by Gasteiger charge is -2.06. The second-order valence-electron chi connectivity index (χ2n) is 4.71. The number of ether oxygens (including phenoxy) is 1. The molecule has 0 bridgehead atoms. The monoisotopic (exact) mass is 272 g/mol. The van der Waals surface area contributed by atoms with Crippen LogP contribution in [-0.2, 0) is 6.42 Å². The fourth-order valence-electron chi connectivity index (χ4n) is 2.05. The van der Waals surface area contributed by atoms with Crippen molar-refractivity contribution in [2.45, 2.75) is 19.8 Å². The van der Waals surface area contributed by atoms with E-state index in [1.165, 1.54) is 0 Å². The highest BCUT2D eigenvalue weighted by molar-refractivity contribution is 5.96. The van der Waals surface area contributed by atoms with Crippen molar-refractivity contribution in [1.29, 1.82) is 0 Å². The molecule has 0 aromatic heterocycles. The topological polar surface area (TPSA) is 26.3 Å². The Hall–Kier alpha value is -2.16. The number of methoxy groups -OCH3 is 1. The van der Waals surface area contributed by atoms with Crippen LogP contribution < -0.4 is 4.74 Å². The molecular formula is C17H17FO2. The molecule has 0 atom stereocenters. The number of hydrogen-bond donors (Lipinski definition) is 0. The molecule has 0 heterocycles. The van der Waals surface area contributed by atoms with E-state index in [1.54, 1.807) is 32.2 Å². The largest absolute Gasteiger partial charge is 0.497 e. The molecule has 0 aliphatic heterocycles. The van der Waals surface area contributed by atoms with Crippen molar-refractivity contribution in [3.63, 3.8) is 0 Å².